The van der Waals surface area contributed by atoms with Gasteiger partial charge in [-0.1, -0.05) is 56.3 Å². The molecular weight excluding hydrogens is 391 g/mol. The molecule has 1 aliphatic rings. The van der Waals surface area contributed by atoms with E-state index in [1.165, 1.54) is 29.2 Å². The Hall–Kier alpha value is -3.73. The van der Waals surface area contributed by atoms with Crippen LogP contribution in [0.4, 0.5) is 15.8 Å². The van der Waals surface area contributed by atoms with E-state index in [9.17, 15) is 14.0 Å². The molecule has 0 atom stereocenters. The second-order valence-electron chi connectivity index (χ2n) is 7.89. The summed E-state index contributed by atoms with van der Waals surface area (Å²) in [6.45, 7) is 6.09. The van der Waals surface area contributed by atoms with Crippen molar-refractivity contribution in [3.05, 3.63) is 101 Å². The highest BCUT2D eigenvalue weighted by atomic mass is 19.1. The van der Waals surface area contributed by atoms with Crippen molar-refractivity contribution in [3.8, 4) is 0 Å². The van der Waals surface area contributed by atoms with E-state index in [1.54, 1.807) is 12.1 Å². The van der Waals surface area contributed by atoms with Crippen molar-refractivity contribution in [1.82, 2.24) is 0 Å². The van der Waals surface area contributed by atoms with E-state index in [1.807, 2.05) is 43.3 Å². The van der Waals surface area contributed by atoms with Crippen molar-refractivity contribution < 1.29 is 14.0 Å². The van der Waals surface area contributed by atoms with Crippen LogP contribution < -0.4 is 10.2 Å². The highest BCUT2D eigenvalue weighted by molar-refractivity contribution is 6.46. The summed E-state index contributed by atoms with van der Waals surface area (Å²) in [6.07, 6.45) is 0. The van der Waals surface area contributed by atoms with Crippen LogP contribution in [-0.4, -0.2) is 11.8 Å². The van der Waals surface area contributed by atoms with Gasteiger partial charge in [0, 0.05) is 5.69 Å². The molecular formula is C26H23FN2O2. The maximum atomic E-state index is 13.5. The lowest BCUT2D eigenvalue weighted by Crippen LogP contribution is -2.32. The first kappa shape index (κ1) is 20.5. The molecule has 3 aromatic carbocycles. The molecule has 0 aromatic heterocycles. The molecule has 0 saturated heterocycles. The predicted molar refractivity (Wildman–Crippen MR) is 121 cm³/mol. The Balaban J connectivity index is 1.80. The molecule has 0 saturated carbocycles. The summed E-state index contributed by atoms with van der Waals surface area (Å²) < 4.78 is 13.5. The van der Waals surface area contributed by atoms with Gasteiger partial charge in [-0.3, -0.25) is 9.59 Å². The zero-order valence-corrected chi connectivity index (χ0v) is 17.6. The number of halogens is 1. The summed E-state index contributed by atoms with van der Waals surface area (Å²) in [5.74, 6) is -0.948. The molecule has 156 valence electrons. The Morgan fingerprint density at radius 3 is 2.10 bits per heavy atom. The van der Waals surface area contributed by atoms with Crippen LogP contribution in [-0.2, 0) is 9.59 Å². The van der Waals surface area contributed by atoms with Crippen LogP contribution >= 0.6 is 0 Å². The number of amides is 2. The molecule has 2 amide bonds. The predicted octanol–water partition coefficient (Wildman–Crippen LogP) is 5.65. The maximum Gasteiger partial charge on any atom is 0.282 e. The summed E-state index contributed by atoms with van der Waals surface area (Å²) in [7, 11) is 0. The highest BCUT2D eigenvalue weighted by Gasteiger charge is 2.40. The number of para-hydroxylation sites is 1. The molecule has 0 unspecified atom stereocenters. The monoisotopic (exact) mass is 414 g/mol. The summed E-state index contributed by atoms with van der Waals surface area (Å²) in [5, 5.41) is 3.16. The first-order valence-electron chi connectivity index (χ1n) is 10.2. The Labute approximate surface area is 181 Å². The smallest absolute Gasteiger partial charge is 0.282 e. The molecule has 0 radical (unpaired) electrons. The Morgan fingerprint density at radius 2 is 1.48 bits per heavy atom. The third kappa shape index (κ3) is 3.87. The van der Waals surface area contributed by atoms with Gasteiger partial charge in [0.2, 0.25) is 0 Å². The van der Waals surface area contributed by atoms with Crippen molar-refractivity contribution in [2.45, 2.75) is 26.7 Å². The number of nitrogens with zero attached hydrogens (tertiary/aromatic N) is 1. The van der Waals surface area contributed by atoms with E-state index >= 15 is 0 Å². The zero-order chi connectivity index (χ0) is 22.1. The van der Waals surface area contributed by atoms with Crippen LogP contribution in [0.1, 0.15) is 36.5 Å². The molecule has 1 heterocycles. The second kappa shape index (κ2) is 8.19. The van der Waals surface area contributed by atoms with E-state index in [0.29, 0.717) is 17.2 Å². The molecule has 3 aromatic rings. The molecule has 1 aliphatic heterocycles. The fraction of sp³-hybridized carbons (Fsp3) is 0.154. The summed E-state index contributed by atoms with van der Waals surface area (Å²) in [6, 6.07) is 20.5. The molecule has 31 heavy (non-hydrogen) atoms. The lowest BCUT2D eigenvalue weighted by atomic mass is 10.0. The Morgan fingerprint density at radius 1 is 0.839 bits per heavy atom. The topological polar surface area (TPSA) is 49.4 Å². The molecule has 5 heteroatoms. The third-order valence-corrected chi connectivity index (χ3v) is 5.44. The molecule has 0 spiro atoms. The molecule has 0 fully saturated rings. The number of carbonyl (C=O) groups excluding carboxylic acids is 2. The van der Waals surface area contributed by atoms with Gasteiger partial charge in [-0.2, -0.15) is 0 Å². The first-order chi connectivity index (χ1) is 14.9. The van der Waals surface area contributed by atoms with E-state index in [2.05, 4.69) is 19.2 Å². The van der Waals surface area contributed by atoms with Gasteiger partial charge in [0.15, 0.2) is 0 Å². The fourth-order valence-electron chi connectivity index (χ4n) is 3.62. The van der Waals surface area contributed by atoms with Crippen molar-refractivity contribution in [3.63, 3.8) is 0 Å². The number of hydrogen-bond acceptors (Lipinski definition) is 3. The zero-order valence-electron chi connectivity index (χ0n) is 17.6. The molecule has 0 bridgehead atoms. The van der Waals surface area contributed by atoms with Gasteiger partial charge in [0.25, 0.3) is 11.8 Å². The minimum Gasteiger partial charge on any atom is -0.350 e. The number of carbonyl (C=O) groups is 2. The van der Waals surface area contributed by atoms with Gasteiger partial charge >= 0.3 is 0 Å². The second-order valence-corrected chi connectivity index (χ2v) is 7.89. The number of hydrogen-bond donors (Lipinski definition) is 1. The average Bonchev–Trinajstić information content (AvgIpc) is 3.00. The van der Waals surface area contributed by atoms with Gasteiger partial charge in [0.05, 0.1) is 11.3 Å². The van der Waals surface area contributed by atoms with Crippen molar-refractivity contribution >= 4 is 28.8 Å². The normalized spacial score (nSPS) is 14.0. The van der Waals surface area contributed by atoms with Crippen LogP contribution in [0.25, 0.3) is 5.57 Å². The van der Waals surface area contributed by atoms with Gasteiger partial charge in [0.1, 0.15) is 11.5 Å². The van der Waals surface area contributed by atoms with Crippen LogP contribution in [0.15, 0.2) is 78.5 Å². The van der Waals surface area contributed by atoms with Crippen LogP contribution in [0.2, 0.25) is 0 Å². The van der Waals surface area contributed by atoms with E-state index in [0.717, 1.165) is 16.8 Å². The van der Waals surface area contributed by atoms with E-state index < -0.39 is 17.6 Å². The lowest BCUT2D eigenvalue weighted by molar-refractivity contribution is -0.120. The quantitative estimate of drug-likeness (QED) is 0.549. The van der Waals surface area contributed by atoms with Crippen molar-refractivity contribution in [2.24, 2.45) is 0 Å². The van der Waals surface area contributed by atoms with Gasteiger partial charge < -0.3 is 5.32 Å². The van der Waals surface area contributed by atoms with Crippen LogP contribution in [0.5, 0.6) is 0 Å². The number of aryl methyl sites for hydroxylation is 1. The van der Waals surface area contributed by atoms with Gasteiger partial charge in [-0.15, -0.1) is 0 Å². The third-order valence-electron chi connectivity index (χ3n) is 5.44. The molecule has 4 nitrogen and oxygen atoms in total. The average molecular weight is 414 g/mol. The SMILES string of the molecule is Cc1ccccc1NC1=C(c2ccc(F)cc2)C(=O)N(c2ccc(C(C)C)cc2)C1=O. The van der Waals surface area contributed by atoms with Crippen molar-refractivity contribution in [1.29, 1.82) is 0 Å². The standard InChI is InChI=1S/C26H23FN2O2/c1-16(2)18-10-14-21(15-11-18)29-25(30)23(19-8-12-20(27)13-9-19)24(26(29)31)28-22-7-5-4-6-17(22)3/h4-16,28H,1-3H3. The largest absolute Gasteiger partial charge is 0.350 e. The van der Waals surface area contributed by atoms with Crippen LogP contribution in [0, 0.1) is 12.7 Å². The van der Waals surface area contributed by atoms with Crippen molar-refractivity contribution in [2.75, 3.05) is 10.2 Å². The first-order valence-corrected chi connectivity index (χ1v) is 10.2. The minimum absolute atomic E-state index is 0.179. The maximum absolute atomic E-state index is 13.5. The number of benzene rings is 3. The fourth-order valence-corrected chi connectivity index (χ4v) is 3.62. The number of rotatable bonds is 5. The summed E-state index contributed by atoms with van der Waals surface area (Å²) in [5.41, 5.74) is 4.18. The van der Waals surface area contributed by atoms with Crippen LogP contribution in [0.3, 0.4) is 0 Å². The number of nitrogens with one attached hydrogen (secondary N) is 1. The lowest BCUT2D eigenvalue weighted by Gasteiger charge is -2.17. The Bertz CT molecular complexity index is 1180. The van der Waals surface area contributed by atoms with E-state index in [4.69, 9.17) is 0 Å². The van der Waals surface area contributed by atoms with Gasteiger partial charge in [-0.05, 0) is 59.9 Å². The number of anilines is 2. The molecule has 1 N–H and O–H groups in total. The molecule has 4 rings (SSSR count). The van der Waals surface area contributed by atoms with E-state index in [-0.39, 0.29) is 11.3 Å². The summed E-state index contributed by atoms with van der Waals surface area (Å²) in [4.78, 5) is 28.0. The highest BCUT2D eigenvalue weighted by Crippen LogP contribution is 2.34. The molecule has 0 aliphatic carbocycles. The van der Waals surface area contributed by atoms with Gasteiger partial charge in [-0.25, -0.2) is 9.29 Å². The minimum atomic E-state index is -0.440. The number of imide groups is 1. The summed E-state index contributed by atoms with van der Waals surface area (Å²) >= 11 is 0. The Kier molecular flexibility index (Phi) is 5.42.